The standard InChI is InChI=1S/C31H31ClN4O3S/c1-4-17-33-26(37)18-35-27(38)19-40-30(24-7-5-6-8-25(24)39-3)28-29(21-11-13-22(32)14-12-21)34-36(31(28)35)23-15-9-20(2)10-16-23/h5-16,30H,4,17-19H2,1-3H3,(H,33,37)/t30-/m1/s1. The number of hydrogen-bond donors (Lipinski definition) is 1. The SMILES string of the molecule is CCCNC(=O)CN1C(=O)CS[C@H](c2ccccc2OC)c2c(-c3ccc(Cl)cc3)nn(-c3ccc(C)cc3)c21. The van der Waals surface area contributed by atoms with Crippen LogP contribution in [0.3, 0.4) is 0 Å². The van der Waals surface area contributed by atoms with Gasteiger partial charge in [0.25, 0.3) is 0 Å². The molecule has 0 unspecified atom stereocenters. The molecular weight excluding hydrogens is 544 g/mol. The second-order valence-electron chi connectivity index (χ2n) is 9.60. The summed E-state index contributed by atoms with van der Waals surface area (Å²) in [6.07, 6.45) is 0.804. The summed E-state index contributed by atoms with van der Waals surface area (Å²) in [5.41, 5.74) is 5.24. The number of rotatable bonds is 8. The molecule has 0 bridgehead atoms. The first-order valence-corrected chi connectivity index (χ1v) is 14.6. The van der Waals surface area contributed by atoms with Crippen molar-refractivity contribution in [1.82, 2.24) is 15.1 Å². The number of thioether (sulfide) groups is 1. The fraction of sp³-hybridized carbons (Fsp3) is 0.258. The van der Waals surface area contributed by atoms with E-state index in [1.165, 1.54) is 11.8 Å². The number of amides is 2. The number of ether oxygens (including phenoxy) is 1. The van der Waals surface area contributed by atoms with Crippen LogP contribution < -0.4 is 15.0 Å². The predicted molar refractivity (Wildman–Crippen MR) is 162 cm³/mol. The number of hydrogen-bond acceptors (Lipinski definition) is 5. The second kappa shape index (κ2) is 12.2. The summed E-state index contributed by atoms with van der Waals surface area (Å²) in [7, 11) is 1.65. The van der Waals surface area contributed by atoms with Gasteiger partial charge in [0.1, 0.15) is 18.1 Å². The molecule has 1 aromatic heterocycles. The van der Waals surface area contributed by atoms with Gasteiger partial charge < -0.3 is 10.1 Å². The molecule has 2 amide bonds. The van der Waals surface area contributed by atoms with Gasteiger partial charge in [0, 0.05) is 28.3 Å². The lowest BCUT2D eigenvalue weighted by atomic mass is 9.99. The molecule has 1 aliphatic rings. The minimum atomic E-state index is -0.288. The molecule has 0 saturated carbocycles. The Hall–Kier alpha value is -3.75. The third-order valence-corrected chi connectivity index (χ3v) is 8.27. The van der Waals surface area contributed by atoms with E-state index >= 15 is 0 Å². The lowest BCUT2D eigenvalue weighted by molar-refractivity contribution is -0.122. The van der Waals surface area contributed by atoms with E-state index in [9.17, 15) is 9.59 Å². The van der Waals surface area contributed by atoms with Gasteiger partial charge in [-0.1, -0.05) is 66.6 Å². The molecule has 1 N–H and O–H groups in total. The van der Waals surface area contributed by atoms with Gasteiger partial charge in [0.05, 0.1) is 29.5 Å². The highest BCUT2D eigenvalue weighted by atomic mass is 35.5. The molecule has 0 fully saturated rings. The zero-order chi connectivity index (χ0) is 28.2. The van der Waals surface area contributed by atoms with Gasteiger partial charge in [0.2, 0.25) is 11.8 Å². The summed E-state index contributed by atoms with van der Waals surface area (Å²) in [6.45, 7) is 4.45. The van der Waals surface area contributed by atoms with E-state index in [4.69, 9.17) is 21.4 Å². The molecule has 0 saturated heterocycles. The van der Waals surface area contributed by atoms with Gasteiger partial charge in [-0.05, 0) is 43.7 Å². The van der Waals surface area contributed by atoms with Crippen LogP contribution in [0.1, 0.15) is 35.3 Å². The highest BCUT2D eigenvalue weighted by Gasteiger charge is 2.38. The summed E-state index contributed by atoms with van der Waals surface area (Å²) >= 11 is 7.75. The van der Waals surface area contributed by atoms with Crippen molar-refractivity contribution in [3.63, 3.8) is 0 Å². The molecule has 1 aliphatic heterocycles. The topological polar surface area (TPSA) is 76.5 Å². The normalized spacial score (nSPS) is 14.9. The van der Waals surface area contributed by atoms with Gasteiger partial charge in [-0.3, -0.25) is 14.5 Å². The van der Waals surface area contributed by atoms with Crippen molar-refractivity contribution >= 4 is 41.0 Å². The van der Waals surface area contributed by atoms with E-state index in [2.05, 4.69) is 5.32 Å². The summed E-state index contributed by atoms with van der Waals surface area (Å²) in [4.78, 5) is 28.4. The number of nitrogens with zero attached hydrogens (tertiary/aromatic N) is 3. The Labute approximate surface area is 243 Å². The second-order valence-corrected chi connectivity index (χ2v) is 11.1. The first-order chi connectivity index (χ1) is 19.4. The molecule has 0 spiro atoms. The number of carbonyl (C=O) groups excluding carboxylic acids is 2. The number of para-hydroxylation sites is 1. The summed E-state index contributed by atoms with van der Waals surface area (Å²) in [5.74, 6) is 1.11. The Morgan fingerprint density at radius 2 is 1.82 bits per heavy atom. The molecule has 2 heterocycles. The Morgan fingerprint density at radius 1 is 1.10 bits per heavy atom. The lowest BCUT2D eigenvalue weighted by Crippen LogP contribution is -2.42. The van der Waals surface area contributed by atoms with Gasteiger partial charge >= 0.3 is 0 Å². The molecule has 3 aromatic carbocycles. The van der Waals surface area contributed by atoms with Crippen LogP contribution in [0.15, 0.2) is 72.8 Å². The number of methoxy groups -OCH3 is 1. The number of halogens is 1. The van der Waals surface area contributed by atoms with Crippen LogP contribution in [-0.4, -0.2) is 47.5 Å². The van der Waals surface area contributed by atoms with Crippen molar-refractivity contribution in [2.24, 2.45) is 0 Å². The number of carbonyl (C=O) groups is 2. The number of aromatic nitrogens is 2. The highest BCUT2D eigenvalue weighted by molar-refractivity contribution is 8.00. The molecule has 5 rings (SSSR count). The molecule has 9 heteroatoms. The zero-order valence-electron chi connectivity index (χ0n) is 22.7. The highest BCUT2D eigenvalue weighted by Crippen LogP contribution is 2.50. The fourth-order valence-corrected chi connectivity index (χ4v) is 6.15. The van der Waals surface area contributed by atoms with Gasteiger partial charge in [-0.2, -0.15) is 5.10 Å². The van der Waals surface area contributed by atoms with Crippen LogP contribution in [0.4, 0.5) is 5.82 Å². The molecule has 206 valence electrons. The van der Waals surface area contributed by atoms with E-state index in [-0.39, 0.29) is 29.4 Å². The monoisotopic (exact) mass is 574 g/mol. The zero-order valence-corrected chi connectivity index (χ0v) is 24.3. The minimum Gasteiger partial charge on any atom is -0.496 e. The van der Waals surface area contributed by atoms with Crippen molar-refractivity contribution in [2.75, 3.05) is 30.9 Å². The first kappa shape index (κ1) is 27.8. The van der Waals surface area contributed by atoms with Crippen LogP contribution in [0.5, 0.6) is 5.75 Å². The number of fused-ring (bicyclic) bond motifs is 1. The van der Waals surface area contributed by atoms with Gasteiger partial charge in [0.15, 0.2) is 0 Å². The average molecular weight is 575 g/mol. The minimum absolute atomic E-state index is 0.108. The molecule has 40 heavy (non-hydrogen) atoms. The maximum absolute atomic E-state index is 13.8. The van der Waals surface area contributed by atoms with Crippen LogP contribution in [-0.2, 0) is 9.59 Å². The number of aryl methyl sites for hydroxylation is 1. The van der Waals surface area contributed by atoms with Crippen molar-refractivity contribution in [1.29, 1.82) is 0 Å². The van der Waals surface area contributed by atoms with Gasteiger partial charge in [-0.25, -0.2) is 4.68 Å². The maximum atomic E-state index is 13.8. The third kappa shape index (κ3) is 5.60. The van der Waals surface area contributed by atoms with Crippen LogP contribution in [0.25, 0.3) is 16.9 Å². The molecule has 0 radical (unpaired) electrons. The Bertz CT molecular complexity index is 1520. The van der Waals surface area contributed by atoms with E-state index < -0.39 is 0 Å². The Morgan fingerprint density at radius 3 is 2.52 bits per heavy atom. The van der Waals surface area contributed by atoms with Crippen molar-refractivity contribution < 1.29 is 14.3 Å². The first-order valence-electron chi connectivity index (χ1n) is 13.2. The largest absolute Gasteiger partial charge is 0.496 e. The summed E-state index contributed by atoms with van der Waals surface area (Å²) in [6, 6.07) is 23.3. The molecule has 4 aromatic rings. The average Bonchev–Trinajstić information content (AvgIpc) is 3.29. The van der Waals surface area contributed by atoms with Crippen molar-refractivity contribution in [3.05, 3.63) is 94.5 Å². The summed E-state index contributed by atoms with van der Waals surface area (Å²) < 4.78 is 7.55. The van der Waals surface area contributed by atoms with Crippen LogP contribution in [0.2, 0.25) is 5.02 Å². The molecule has 7 nitrogen and oxygen atoms in total. The van der Waals surface area contributed by atoms with E-state index in [1.807, 2.05) is 86.6 Å². The van der Waals surface area contributed by atoms with E-state index in [0.29, 0.717) is 23.1 Å². The van der Waals surface area contributed by atoms with Crippen molar-refractivity contribution in [2.45, 2.75) is 25.5 Å². The Kier molecular flexibility index (Phi) is 8.47. The molecular formula is C31H31ClN4O3S. The van der Waals surface area contributed by atoms with E-state index in [0.717, 1.165) is 40.1 Å². The number of anilines is 1. The maximum Gasteiger partial charge on any atom is 0.240 e. The fourth-order valence-electron chi connectivity index (χ4n) is 4.80. The van der Waals surface area contributed by atoms with Crippen LogP contribution >= 0.6 is 23.4 Å². The summed E-state index contributed by atoms with van der Waals surface area (Å²) in [5, 5.41) is 8.36. The predicted octanol–water partition coefficient (Wildman–Crippen LogP) is 6.21. The van der Waals surface area contributed by atoms with E-state index in [1.54, 1.807) is 16.7 Å². The quantitative estimate of drug-likeness (QED) is 0.271. The van der Waals surface area contributed by atoms with Crippen LogP contribution in [0, 0.1) is 6.92 Å². The smallest absolute Gasteiger partial charge is 0.240 e. The number of nitrogens with one attached hydrogen (secondary N) is 1. The third-order valence-electron chi connectivity index (χ3n) is 6.78. The Balaban J connectivity index is 1.81. The molecule has 1 atom stereocenters. The lowest BCUT2D eigenvalue weighted by Gasteiger charge is -2.23. The van der Waals surface area contributed by atoms with Crippen molar-refractivity contribution in [3.8, 4) is 22.7 Å². The molecule has 0 aliphatic carbocycles. The number of benzene rings is 3. The van der Waals surface area contributed by atoms with Gasteiger partial charge in [-0.15, -0.1) is 11.8 Å².